The van der Waals surface area contributed by atoms with Gasteiger partial charge in [-0.25, -0.2) is 0 Å². The van der Waals surface area contributed by atoms with E-state index >= 15 is 0 Å². The first-order chi connectivity index (χ1) is 13.3. The number of amides is 1. The lowest BCUT2D eigenvalue weighted by Crippen LogP contribution is -2.48. The Labute approximate surface area is 155 Å². The molecule has 0 radical (unpaired) electrons. The van der Waals surface area contributed by atoms with Gasteiger partial charge in [-0.1, -0.05) is 30.3 Å². The Kier molecular flexibility index (Phi) is 3.93. The molecule has 1 aliphatic carbocycles. The first kappa shape index (κ1) is 16.1. The molecule has 0 unspecified atom stereocenters. The summed E-state index contributed by atoms with van der Waals surface area (Å²) >= 11 is 0. The van der Waals surface area contributed by atoms with E-state index in [1.54, 1.807) is 4.57 Å². The summed E-state index contributed by atoms with van der Waals surface area (Å²) in [6.07, 6.45) is 5.23. The minimum atomic E-state index is -0.170. The van der Waals surface area contributed by atoms with Crippen molar-refractivity contribution >= 4 is 5.91 Å². The number of morpholine rings is 1. The zero-order valence-corrected chi connectivity index (χ0v) is 14.6. The number of ether oxygens (including phenoxy) is 1. The monoisotopic (exact) mass is 365 g/mol. The number of nitrogens with one attached hydrogen (secondary N) is 1. The number of hydrogen-bond donors (Lipinski definition) is 1. The van der Waals surface area contributed by atoms with E-state index in [2.05, 4.69) is 25.4 Å². The lowest BCUT2D eigenvalue weighted by atomic mass is 10.0. The maximum Gasteiger partial charge on any atom is 0.291 e. The second kappa shape index (κ2) is 6.58. The number of nitrogens with zero attached hydrogens (tertiary/aromatic N) is 6. The van der Waals surface area contributed by atoms with Gasteiger partial charge in [0.2, 0.25) is 5.82 Å². The number of carbonyl (C=O) groups is 1. The standard InChI is InChI=1S/C18H19N7O2/c26-17(16-21-18(23-22-16)25-10-19-20-11-25)24-8-14(12-4-2-1-3-5-12)27-15(9-24)13-6-7-13/h1-5,10-11,13-15H,6-9H2,(H,21,22,23)/t14-,15+/m0/s1. The summed E-state index contributed by atoms with van der Waals surface area (Å²) in [6.45, 7) is 1.07. The van der Waals surface area contributed by atoms with Crippen molar-refractivity contribution in [1.82, 2.24) is 34.8 Å². The third kappa shape index (κ3) is 3.21. The fourth-order valence-electron chi connectivity index (χ4n) is 3.45. The van der Waals surface area contributed by atoms with Crippen molar-refractivity contribution in [3.8, 4) is 5.95 Å². The van der Waals surface area contributed by atoms with E-state index in [-0.39, 0.29) is 23.9 Å². The largest absolute Gasteiger partial charge is 0.366 e. The number of aromatic amines is 1. The molecular formula is C18H19N7O2. The quantitative estimate of drug-likeness (QED) is 0.749. The van der Waals surface area contributed by atoms with Gasteiger partial charge in [0.1, 0.15) is 18.8 Å². The average Bonchev–Trinajstić information content (AvgIpc) is 3.21. The first-order valence-electron chi connectivity index (χ1n) is 9.05. The smallest absolute Gasteiger partial charge is 0.291 e. The molecule has 2 aromatic heterocycles. The summed E-state index contributed by atoms with van der Waals surface area (Å²) < 4.78 is 7.86. The molecular weight excluding hydrogens is 346 g/mol. The maximum absolute atomic E-state index is 13.0. The second-order valence-corrected chi connectivity index (χ2v) is 6.97. The highest BCUT2D eigenvalue weighted by molar-refractivity contribution is 5.90. The number of benzene rings is 1. The fraction of sp³-hybridized carbons (Fsp3) is 0.389. The number of hydrogen-bond acceptors (Lipinski definition) is 6. The minimum Gasteiger partial charge on any atom is -0.366 e. The minimum absolute atomic E-state index is 0.0631. The van der Waals surface area contributed by atoms with E-state index in [4.69, 9.17) is 4.74 Å². The van der Waals surface area contributed by atoms with Crippen LogP contribution in [0.4, 0.5) is 0 Å². The Morgan fingerprint density at radius 1 is 1.11 bits per heavy atom. The van der Waals surface area contributed by atoms with Gasteiger partial charge in [0.15, 0.2) is 0 Å². The van der Waals surface area contributed by atoms with E-state index in [0.717, 1.165) is 18.4 Å². The summed E-state index contributed by atoms with van der Waals surface area (Å²) in [5.74, 6) is 0.919. The Bertz CT molecular complexity index is 920. The van der Waals surface area contributed by atoms with Crippen LogP contribution >= 0.6 is 0 Å². The molecule has 1 saturated carbocycles. The molecule has 2 aliphatic rings. The van der Waals surface area contributed by atoms with Crippen LogP contribution in [0.2, 0.25) is 0 Å². The van der Waals surface area contributed by atoms with Crippen molar-refractivity contribution in [3.63, 3.8) is 0 Å². The molecule has 9 nitrogen and oxygen atoms in total. The summed E-state index contributed by atoms with van der Waals surface area (Å²) in [6, 6.07) is 10.1. The predicted octanol–water partition coefficient (Wildman–Crippen LogP) is 1.38. The van der Waals surface area contributed by atoms with Gasteiger partial charge in [-0.15, -0.1) is 15.3 Å². The Hall–Kier alpha value is -3.07. The van der Waals surface area contributed by atoms with E-state index in [9.17, 15) is 4.79 Å². The zero-order valence-electron chi connectivity index (χ0n) is 14.6. The first-order valence-corrected chi connectivity index (χ1v) is 9.05. The molecule has 3 aromatic rings. The fourth-order valence-corrected chi connectivity index (χ4v) is 3.45. The van der Waals surface area contributed by atoms with Crippen LogP contribution in [0.3, 0.4) is 0 Å². The molecule has 1 aromatic carbocycles. The van der Waals surface area contributed by atoms with E-state index in [0.29, 0.717) is 25.0 Å². The van der Waals surface area contributed by atoms with Crippen LogP contribution in [0.1, 0.15) is 35.1 Å². The molecule has 9 heteroatoms. The van der Waals surface area contributed by atoms with E-state index < -0.39 is 0 Å². The van der Waals surface area contributed by atoms with Crippen LogP contribution in [-0.4, -0.2) is 59.9 Å². The molecule has 0 spiro atoms. The van der Waals surface area contributed by atoms with Crippen LogP contribution in [0.25, 0.3) is 5.95 Å². The highest BCUT2D eigenvalue weighted by Gasteiger charge is 2.40. The van der Waals surface area contributed by atoms with Crippen LogP contribution in [0, 0.1) is 5.92 Å². The van der Waals surface area contributed by atoms with Crippen molar-refractivity contribution in [2.45, 2.75) is 25.0 Å². The molecule has 27 heavy (non-hydrogen) atoms. The van der Waals surface area contributed by atoms with Gasteiger partial charge in [0, 0.05) is 6.54 Å². The van der Waals surface area contributed by atoms with Crippen LogP contribution in [0.15, 0.2) is 43.0 Å². The summed E-state index contributed by atoms with van der Waals surface area (Å²) in [4.78, 5) is 19.2. The van der Waals surface area contributed by atoms with Gasteiger partial charge in [0.25, 0.3) is 11.9 Å². The van der Waals surface area contributed by atoms with Crippen LogP contribution in [-0.2, 0) is 4.74 Å². The third-order valence-electron chi connectivity index (χ3n) is 5.06. The number of carbonyl (C=O) groups excluding carboxylic acids is 1. The number of H-pyrrole nitrogens is 1. The lowest BCUT2D eigenvalue weighted by Gasteiger charge is -2.38. The Morgan fingerprint density at radius 3 is 2.63 bits per heavy atom. The molecule has 5 rings (SSSR count). The van der Waals surface area contributed by atoms with Crippen molar-refractivity contribution in [2.24, 2.45) is 5.92 Å². The number of aromatic nitrogens is 6. The normalized spacial score (nSPS) is 22.7. The molecule has 1 aliphatic heterocycles. The number of rotatable bonds is 4. The molecule has 2 fully saturated rings. The van der Waals surface area contributed by atoms with Crippen molar-refractivity contribution in [1.29, 1.82) is 0 Å². The van der Waals surface area contributed by atoms with Crippen LogP contribution < -0.4 is 0 Å². The molecule has 1 saturated heterocycles. The highest BCUT2D eigenvalue weighted by atomic mass is 16.5. The Morgan fingerprint density at radius 2 is 1.89 bits per heavy atom. The van der Waals surface area contributed by atoms with Gasteiger partial charge in [-0.2, -0.15) is 4.98 Å². The van der Waals surface area contributed by atoms with Gasteiger partial charge in [0.05, 0.1) is 12.6 Å². The molecule has 2 atom stereocenters. The van der Waals surface area contributed by atoms with Gasteiger partial charge < -0.3 is 9.64 Å². The van der Waals surface area contributed by atoms with Crippen molar-refractivity contribution < 1.29 is 9.53 Å². The molecule has 1 N–H and O–H groups in total. The van der Waals surface area contributed by atoms with Gasteiger partial charge in [-0.3, -0.25) is 14.5 Å². The second-order valence-electron chi connectivity index (χ2n) is 6.97. The summed E-state index contributed by atoms with van der Waals surface area (Å²) in [5, 5.41) is 14.3. The highest BCUT2D eigenvalue weighted by Crippen LogP contribution is 2.39. The third-order valence-corrected chi connectivity index (χ3v) is 5.06. The molecule has 138 valence electrons. The lowest BCUT2D eigenvalue weighted by molar-refractivity contribution is -0.0866. The molecule has 1 amide bonds. The van der Waals surface area contributed by atoms with E-state index in [1.807, 2.05) is 35.2 Å². The van der Waals surface area contributed by atoms with E-state index in [1.165, 1.54) is 12.7 Å². The summed E-state index contributed by atoms with van der Waals surface area (Å²) in [5.41, 5.74) is 1.09. The van der Waals surface area contributed by atoms with Gasteiger partial charge in [-0.05, 0) is 24.3 Å². The topological polar surface area (TPSA) is 102 Å². The molecule has 3 heterocycles. The van der Waals surface area contributed by atoms with Crippen molar-refractivity contribution in [3.05, 3.63) is 54.4 Å². The Balaban J connectivity index is 1.38. The van der Waals surface area contributed by atoms with Crippen LogP contribution in [0.5, 0.6) is 0 Å². The predicted molar refractivity (Wildman–Crippen MR) is 94.0 cm³/mol. The SMILES string of the molecule is O=C(c1nc(-n2cnnc2)n[nH]1)N1C[C@@H](c2ccccc2)O[C@@H](C2CC2)C1. The summed E-state index contributed by atoms with van der Waals surface area (Å²) in [7, 11) is 0. The average molecular weight is 365 g/mol. The van der Waals surface area contributed by atoms with Gasteiger partial charge >= 0.3 is 0 Å². The zero-order chi connectivity index (χ0) is 18.2. The molecule has 0 bridgehead atoms. The van der Waals surface area contributed by atoms with Crippen molar-refractivity contribution in [2.75, 3.05) is 13.1 Å². The maximum atomic E-state index is 13.0.